The molecule has 1 aliphatic carbocycles. The molecule has 2 nitrogen and oxygen atoms in total. The minimum absolute atomic E-state index is 0.114. The van der Waals surface area contributed by atoms with Gasteiger partial charge in [-0.1, -0.05) is 37.6 Å². The van der Waals surface area contributed by atoms with E-state index in [1.807, 2.05) is 19.2 Å². The zero-order valence-corrected chi connectivity index (χ0v) is 13.5. The van der Waals surface area contributed by atoms with Crippen molar-refractivity contribution in [3.63, 3.8) is 0 Å². The lowest BCUT2D eigenvalue weighted by molar-refractivity contribution is -0.0454. The third-order valence-corrected chi connectivity index (χ3v) is 4.53. The van der Waals surface area contributed by atoms with Crippen molar-refractivity contribution in [2.75, 3.05) is 13.6 Å². The molecule has 0 amide bonds. The second kappa shape index (κ2) is 6.93. The number of halogens is 1. The van der Waals surface area contributed by atoms with Gasteiger partial charge in [-0.25, -0.2) is 0 Å². The Hall–Kier alpha value is -0.570. The van der Waals surface area contributed by atoms with E-state index in [-0.39, 0.29) is 6.10 Å². The first-order valence-corrected chi connectivity index (χ1v) is 7.93. The maximum absolute atomic E-state index is 6.35. The molecule has 112 valence electrons. The van der Waals surface area contributed by atoms with Crippen molar-refractivity contribution in [2.24, 2.45) is 5.41 Å². The summed E-state index contributed by atoms with van der Waals surface area (Å²) in [6, 6.07) is 8.01. The normalized spacial score (nSPS) is 20.8. The van der Waals surface area contributed by atoms with Gasteiger partial charge in [-0.2, -0.15) is 0 Å². The largest absolute Gasteiger partial charge is 0.369 e. The van der Waals surface area contributed by atoms with Crippen LogP contribution < -0.4 is 5.32 Å². The summed E-state index contributed by atoms with van der Waals surface area (Å²) in [6.07, 6.45) is 5.34. The van der Waals surface area contributed by atoms with Crippen LogP contribution in [-0.4, -0.2) is 19.7 Å². The number of ether oxygens (including phenoxy) is 1. The Morgan fingerprint density at radius 2 is 1.85 bits per heavy atom. The maximum Gasteiger partial charge on any atom is 0.0952 e. The number of hydrogen-bond acceptors (Lipinski definition) is 2. The quantitative estimate of drug-likeness (QED) is 0.858. The van der Waals surface area contributed by atoms with Crippen LogP contribution in [-0.2, 0) is 4.74 Å². The van der Waals surface area contributed by atoms with Crippen LogP contribution in [0.5, 0.6) is 0 Å². The highest BCUT2D eigenvalue weighted by atomic mass is 35.5. The van der Waals surface area contributed by atoms with Gasteiger partial charge in [0.15, 0.2) is 0 Å². The van der Waals surface area contributed by atoms with Crippen LogP contribution in [0.4, 0.5) is 0 Å². The Morgan fingerprint density at radius 3 is 2.40 bits per heavy atom. The fourth-order valence-electron chi connectivity index (χ4n) is 2.85. The molecule has 0 saturated heterocycles. The number of likely N-dealkylation sites (N-methyl/N-ethyl adjacent to an activating group) is 1. The van der Waals surface area contributed by atoms with Gasteiger partial charge in [-0.3, -0.25) is 0 Å². The summed E-state index contributed by atoms with van der Waals surface area (Å²) in [7, 11) is 1.97. The lowest BCUT2D eigenvalue weighted by atomic mass is 9.76. The average molecular weight is 296 g/mol. The molecule has 1 unspecified atom stereocenters. The second-order valence-electron chi connectivity index (χ2n) is 6.60. The van der Waals surface area contributed by atoms with Gasteiger partial charge in [0.1, 0.15) is 0 Å². The lowest BCUT2D eigenvalue weighted by Gasteiger charge is -2.36. The lowest BCUT2D eigenvalue weighted by Crippen LogP contribution is -2.30. The molecule has 20 heavy (non-hydrogen) atoms. The number of benzene rings is 1. The average Bonchev–Trinajstić information content (AvgIpc) is 2.41. The minimum Gasteiger partial charge on any atom is -0.369 e. The molecule has 0 radical (unpaired) electrons. The maximum atomic E-state index is 6.35. The monoisotopic (exact) mass is 295 g/mol. The van der Waals surface area contributed by atoms with Gasteiger partial charge in [0, 0.05) is 11.6 Å². The van der Waals surface area contributed by atoms with Crippen LogP contribution in [0.25, 0.3) is 0 Å². The number of nitrogens with one attached hydrogen (secondary N) is 1. The molecule has 1 aromatic rings. The van der Waals surface area contributed by atoms with Crippen LogP contribution in [0.3, 0.4) is 0 Å². The van der Waals surface area contributed by atoms with Gasteiger partial charge in [0.25, 0.3) is 0 Å². The molecule has 1 aromatic carbocycles. The summed E-state index contributed by atoms with van der Waals surface area (Å²) in [5.74, 6) is 0. The molecule has 1 fully saturated rings. The van der Waals surface area contributed by atoms with E-state index in [1.165, 1.54) is 31.2 Å². The fraction of sp³-hybridized carbons (Fsp3) is 0.647. The third kappa shape index (κ3) is 4.47. The van der Waals surface area contributed by atoms with Crippen molar-refractivity contribution in [2.45, 2.75) is 51.7 Å². The summed E-state index contributed by atoms with van der Waals surface area (Å²) < 4.78 is 6.35. The molecule has 0 spiro atoms. The van der Waals surface area contributed by atoms with Crippen LogP contribution in [0, 0.1) is 5.41 Å². The van der Waals surface area contributed by atoms with Crippen molar-refractivity contribution in [1.82, 2.24) is 5.32 Å². The topological polar surface area (TPSA) is 21.3 Å². The summed E-state index contributed by atoms with van der Waals surface area (Å²) in [5.41, 5.74) is 1.69. The van der Waals surface area contributed by atoms with E-state index in [9.17, 15) is 0 Å². The highest BCUT2D eigenvalue weighted by molar-refractivity contribution is 6.30. The molecule has 1 atom stereocenters. The smallest absolute Gasteiger partial charge is 0.0952 e. The first kappa shape index (κ1) is 15.8. The van der Waals surface area contributed by atoms with E-state index < -0.39 is 0 Å². The first-order chi connectivity index (χ1) is 9.50. The molecule has 0 heterocycles. The molecular formula is C17H26ClNO. The van der Waals surface area contributed by atoms with Gasteiger partial charge < -0.3 is 10.1 Å². The molecule has 1 N–H and O–H groups in total. The SMILES string of the molecule is CNCC(OC1CCC(C)(C)CC1)c1ccc(Cl)cc1. The summed E-state index contributed by atoms with van der Waals surface area (Å²) >= 11 is 5.96. The molecule has 0 bridgehead atoms. The Labute approximate surface area is 127 Å². The van der Waals surface area contributed by atoms with E-state index in [0.717, 1.165) is 11.6 Å². The molecule has 2 rings (SSSR count). The zero-order valence-electron chi connectivity index (χ0n) is 12.8. The predicted octanol–water partition coefficient (Wildman–Crippen LogP) is 4.59. The van der Waals surface area contributed by atoms with Crippen molar-refractivity contribution in [3.8, 4) is 0 Å². The Kier molecular flexibility index (Phi) is 5.48. The van der Waals surface area contributed by atoms with E-state index in [0.29, 0.717) is 11.5 Å². The molecule has 0 aromatic heterocycles. The standard InChI is InChI=1S/C17H26ClNO/c1-17(2)10-8-15(9-11-17)20-16(12-19-3)13-4-6-14(18)7-5-13/h4-7,15-16,19H,8-12H2,1-3H3. The highest BCUT2D eigenvalue weighted by Crippen LogP contribution is 2.37. The Morgan fingerprint density at radius 1 is 1.25 bits per heavy atom. The van der Waals surface area contributed by atoms with Gasteiger partial charge >= 0.3 is 0 Å². The number of rotatable bonds is 5. The third-order valence-electron chi connectivity index (χ3n) is 4.27. The van der Waals surface area contributed by atoms with Gasteiger partial charge in [0.2, 0.25) is 0 Å². The Balaban J connectivity index is 1.97. The van der Waals surface area contributed by atoms with Crippen molar-refractivity contribution < 1.29 is 4.74 Å². The second-order valence-corrected chi connectivity index (χ2v) is 7.03. The fourth-order valence-corrected chi connectivity index (χ4v) is 2.97. The van der Waals surface area contributed by atoms with Crippen LogP contribution in [0.15, 0.2) is 24.3 Å². The highest BCUT2D eigenvalue weighted by Gasteiger charge is 2.29. The molecule has 3 heteroatoms. The molecule has 1 saturated carbocycles. The van der Waals surface area contributed by atoms with Crippen LogP contribution in [0.2, 0.25) is 5.02 Å². The van der Waals surface area contributed by atoms with Gasteiger partial charge in [0.05, 0.1) is 12.2 Å². The molecule has 1 aliphatic rings. The number of hydrogen-bond donors (Lipinski definition) is 1. The van der Waals surface area contributed by atoms with Crippen molar-refractivity contribution >= 4 is 11.6 Å². The van der Waals surface area contributed by atoms with Gasteiger partial charge in [-0.05, 0) is 55.8 Å². The zero-order chi connectivity index (χ0) is 14.6. The van der Waals surface area contributed by atoms with Crippen molar-refractivity contribution in [1.29, 1.82) is 0 Å². The Bertz CT molecular complexity index is 406. The summed E-state index contributed by atoms with van der Waals surface area (Å²) in [5, 5.41) is 4.00. The molecular weight excluding hydrogens is 270 g/mol. The summed E-state index contributed by atoms with van der Waals surface area (Å²) in [4.78, 5) is 0. The van der Waals surface area contributed by atoms with E-state index >= 15 is 0 Å². The predicted molar refractivity (Wildman–Crippen MR) is 85.2 cm³/mol. The van der Waals surface area contributed by atoms with Gasteiger partial charge in [-0.15, -0.1) is 0 Å². The van der Waals surface area contributed by atoms with E-state index in [2.05, 4.69) is 31.3 Å². The molecule has 0 aliphatic heterocycles. The van der Waals surface area contributed by atoms with E-state index in [1.54, 1.807) is 0 Å². The van der Waals surface area contributed by atoms with Crippen LogP contribution in [0.1, 0.15) is 51.2 Å². The first-order valence-electron chi connectivity index (χ1n) is 7.56. The van der Waals surface area contributed by atoms with Crippen molar-refractivity contribution in [3.05, 3.63) is 34.9 Å². The minimum atomic E-state index is 0.114. The summed E-state index contributed by atoms with van der Waals surface area (Å²) in [6.45, 7) is 5.54. The van der Waals surface area contributed by atoms with E-state index in [4.69, 9.17) is 16.3 Å². The van der Waals surface area contributed by atoms with Crippen LogP contribution >= 0.6 is 11.6 Å².